The van der Waals surface area contributed by atoms with Crippen molar-refractivity contribution in [2.45, 2.75) is 6.92 Å². The number of rotatable bonds is 3. The summed E-state index contributed by atoms with van der Waals surface area (Å²) in [5.74, 6) is 1.56. The molecule has 2 aromatic rings. The Morgan fingerprint density at radius 2 is 2.33 bits per heavy atom. The SMILES string of the molecule is CSCC(=O)c1ccc2nc(C)[nH]c2c1. The molecule has 3 nitrogen and oxygen atoms in total. The van der Waals surface area contributed by atoms with Crippen LogP contribution in [0.5, 0.6) is 0 Å². The number of aromatic amines is 1. The zero-order chi connectivity index (χ0) is 10.8. The summed E-state index contributed by atoms with van der Waals surface area (Å²) in [6, 6.07) is 5.58. The molecule has 0 fully saturated rings. The van der Waals surface area contributed by atoms with Gasteiger partial charge in [-0.2, -0.15) is 11.8 Å². The number of thioether (sulfide) groups is 1. The molecule has 0 amide bonds. The van der Waals surface area contributed by atoms with Crippen LogP contribution in [0, 0.1) is 6.92 Å². The Balaban J connectivity index is 2.41. The summed E-state index contributed by atoms with van der Waals surface area (Å²) in [5.41, 5.74) is 2.59. The smallest absolute Gasteiger partial charge is 0.172 e. The Hall–Kier alpha value is -1.29. The van der Waals surface area contributed by atoms with Gasteiger partial charge in [-0.15, -0.1) is 0 Å². The second-order valence-corrected chi connectivity index (χ2v) is 4.28. The third-order valence-corrected chi connectivity index (χ3v) is 2.75. The highest BCUT2D eigenvalue weighted by Gasteiger charge is 2.07. The number of carbonyl (C=O) groups is 1. The number of ketones is 1. The molecule has 15 heavy (non-hydrogen) atoms. The van der Waals surface area contributed by atoms with E-state index in [4.69, 9.17) is 0 Å². The van der Waals surface area contributed by atoms with Crippen LogP contribution in [0.1, 0.15) is 16.2 Å². The largest absolute Gasteiger partial charge is 0.342 e. The molecule has 0 radical (unpaired) electrons. The van der Waals surface area contributed by atoms with Crippen LogP contribution in [0.3, 0.4) is 0 Å². The van der Waals surface area contributed by atoms with E-state index in [0.717, 1.165) is 22.4 Å². The number of carbonyl (C=O) groups excluding carboxylic acids is 1. The van der Waals surface area contributed by atoms with E-state index in [2.05, 4.69) is 9.97 Å². The third-order valence-electron chi connectivity index (χ3n) is 2.20. The first kappa shape index (κ1) is 10.2. The predicted molar refractivity (Wildman–Crippen MR) is 63.5 cm³/mol. The highest BCUT2D eigenvalue weighted by atomic mass is 32.2. The van der Waals surface area contributed by atoms with E-state index in [0.29, 0.717) is 5.75 Å². The number of imidazole rings is 1. The number of hydrogen-bond acceptors (Lipinski definition) is 3. The van der Waals surface area contributed by atoms with Gasteiger partial charge in [-0.25, -0.2) is 4.98 Å². The van der Waals surface area contributed by atoms with Gasteiger partial charge in [-0.1, -0.05) is 0 Å². The standard InChI is InChI=1S/C11H12N2OS/c1-7-12-9-4-3-8(5-10(9)13-7)11(14)6-15-2/h3-5H,6H2,1-2H3,(H,12,13). The van der Waals surface area contributed by atoms with Gasteiger partial charge in [0.25, 0.3) is 0 Å². The molecule has 0 aliphatic heterocycles. The minimum Gasteiger partial charge on any atom is -0.342 e. The van der Waals surface area contributed by atoms with Crippen molar-refractivity contribution in [3.05, 3.63) is 29.6 Å². The first-order valence-corrected chi connectivity index (χ1v) is 6.08. The molecule has 1 aromatic carbocycles. The third kappa shape index (κ3) is 2.04. The van der Waals surface area contributed by atoms with Gasteiger partial charge in [0, 0.05) is 5.56 Å². The van der Waals surface area contributed by atoms with Gasteiger partial charge in [0.1, 0.15) is 5.82 Å². The van der Waals surface area contributed by atoms with Crippen molar-refractivity contribution in [2.24, 2.45) is 0 Å². The first-order valence-electron chi connectivity index (χ1n) is 4.69. The topological polar surface area (TPSA) is 45.8 Å². The lowest BCUT2D eigenvalue weighted by atomic mass is 10.1. The molecule has 0 saturated heterocycles. The van der Waals surface area contributed by atoms with Crippen LogP contribution in [0.2, 0.25) is 0 Å². The normalized spacial score (nSPS) is 10.8. The van der Waals surface area contributed by atoms with E-state index in [-0.39, 0.29) is 5.78 Å². The molecule has 0 spiro atoms. The monoisotopic (exact) mass is 220 g/mol. The fourth-order valence-electron chi connectivity index (χ4n) is 1.53. The number of benzene rings is 1. The fourth-order valence-corrected chi connectivity index (χ4v) is 1.95. The van der Waals surface area contributed by atoms with E-state index in [1.165, 1.54) is 11.8 Å². The van der Waals surface area contributed by atoms with Crippen LogP contribution < -0.4 is 0 Å². The van der Waals surface area contributed by atoms with Crippen LogP contribution >= 0.6 is 11.8 Å². The molecular formula is C11H12N2OS. The second kappa shape index (κ2) is 4.06. The van der Waals surface area contributed by atoms with E-state index in [9.17, 15) is 4.79 Å². The van der Waals surface area contributed by atoms with Crippen LogP contribution in [0.15, 0.2) is 18.2 Å². The van der Waals surface area contributed by atoms with Crippen LogP contribution in [-0.2, 0) is 0 Å². The number of Topliss-reactive ketones (excluding diaryl/α,β-unsaturated/α-hetero) is 1. The summed E-state index contributed by atoms with van der Waals surface area (Å²) in [5, 5.41) is 0. The van der Waals surface area contributed by atoms with E-state index in [1.54, 1.807) is 0 Å². The average Bonchev–Trinajstić information content (AvgIpc) is 2.57. The van der Waals surface area contributed by atoms with Crippen molar-refractivity contribution in [3.8, 4) is 0 Å². The molecular weight excluding hydrogens is 208 g/mol. The number of H-pyrrole nitrogens is 1. The number of nitrogens with zero attached hydrogens (tertiary/aromatic N) is 1. The number of aromatic nitrogens is 2. The number of hydrogen-bond donors (Lipinski definition) is 1. The minimum absolute atomic E-state index is 0.164. The minimum atomic E-state index is 0.164. The van der Waals surface area contributed by atoms with Crippen LogP contribution in [-0.4, -0.2) is 27.8 Å². The molecule has 1 heterocycles. The van der Waals surface area contributed by atoms with Crippen molar-refractivity contribution in [2.75, 3.05) is 12.0 Å². The molecule has 78 valence electrons. The summed E-state index contributed by atoms with van der Waals surface area (Å²) in [6.07, 6.45) is 1.93. The van der Waals surface area contributed by atoms with Gasteiger partial charge in [-0.3, -0.25) is 4.79 Å². The lowest BCUT2D eigenvalue weighted by molar-refractivity contribution is 0.102. The van der Waals surface area contributed by atoms with E-state index < -0.39 is 0 Å². The summed E-state index contributed by atoms with van der Waals surface area (Å²) >= 11 is 1.54. The van der Waals surface area contributed by atoms with Crippen molar-refractivity contribution in [1.82, 2.24) is 9.97 Å². The number of aryl methyl sites for hydroxylation is 1. The molecule has 0 bridgehead atoms. The Morgan fingerprint density at radius 1 is 1.53 bits per heavy atom. The Bertz CT molecular complexity index is 504. The van der Waals surface area contributed by atoms with Gasteiger partial charge < -0.3 is 4.98 Å². The van der Waals surface area contributed by atoms with Crippen LogP contribution in [0.4, 0.5) is 0 Å². The maximum Gasteiger partial charge on any atom is 0.172 e. The van der Waals surface area contributed by atoms with Gasteiger partial charge in [0.05, 0.1) is 16.8 Å². The predicted octanol–water partition coefficient (Wildman–Crippen LogP) is 2.42. The number of fused-ring (bicyclic) bond motifs is 1. The Kier molecular flexibility index (Phi) is 2.77. The quantitative estimate of drug-likeness (QED) is 0.808. The fraction of sp³-hybridized carbons (Fsp3) is 0.273. The number of nitrogens with one attached hydrogen (secondary N) is 1. The molecule has 0 atom stereocenters. The summed E-state index contributed by atoms with van der Waals surface area (Å²) in [7, 11) is 0. The molecule has 0 aliphatic rings. The zero-order valence-electron chi connectivity index (χ0n) is 8.70. The van der Waals surface area contributed by atoms with Crippen molar-refractivity contribution in [1.29, 1.82) is 0 Å². The van der Waals surface area contributed by atoms with Crippen molar-refractivity contribution >= 4 is 28.6 Å². The molecule has 4 heteroatoms. The Morgan fingerprint density at radius 3 is 3.07 bits per heavy atom. The molecule has 0 saturated carbocycles. The average molecular weight is 220 g/mol. The lowest BCUT2D eigenvalue weighted by Gasteiger charge is -1.98. The van der Waals surface area contributed by atoms with Gasteiger partial charge in [0.15, 0.2) is 5.78 Å². The van der Waals surface area contributed by atoms with Gasteiger partial charge in [0.2, 0.25) is 0 Å². The van der Waals surface area contributed by atoms with E-state index in [1.807, 2.05) is 31.4 Å². The van der Waals surface area contributed by atoms with Crippen molar-refractivity contribution in [3.63, 3.8) is 0 Å². The maximum atomic E-state index is 11.6. The highest BCUT2D eigenvalue weighted by molar-refractivity contribution is 7.99. The van der Waals surface area contributed by atoms with Crippen molar-refractivity contribution < 1.29 is 4.79 Å². The molecule has 0 unspecified atom stereocenters. The maximum absolute atomic E-state index is 11.6. The summed E-state index contributed by atoms with van der Waals surface area (Å²) in [4.78, 5) is 19.1. The molecule has 0 aliphatic carbocycles. The van der Waals surface area contributed by atoms with Crippen LogP contribution in [0.25, 0.3) is 11.0 Å². The van der Waals surface area contributed by atoms with E-state index >= 15 is 0 Å². The molecule has 1 aromatic heterocycles. The van der Waals surface area contributed by atoms with Gasteiger partial charge in [-0.05, 0) is 31.4 Å². The highest BCUT2D eigenvalue weighted by Crippen LogP contribution is 2.14. The Labute approximate surface area is 92.3 Å². The second-order valence-electron chi connectivity index (χ2n) is 3.41. The first-order chi connectivity index (χ1) is 7.20. The summed E-state index contributed by atoms with van der Waals surface area (Å²) < 4.78 is 0. The van der Waals surface area contributed by atoms with Gasteiger partial charge >= 0.3 is 0 Å². The lowest BCUT2D eigenvalue weighted by Crippen LogP contribution is -2.01. The summed E-state index contributed by atoms with van der Waals surface area (Å²) in [6.45, 7) is 1.91. The zero-order valence-corrected chi connectivity index (χ0v) is 9.52. The molecule has 1 N–H and O–H groups in total. The molecule has 2 rings (SSSR count).